The molecule has 1 aliphatic rings. The van der Waals surface area contributed by atoms with Gasteiger partial charge in [0.1, 0.15) is 11.0 Å². The zero-order valence-corrected chi connectivity index (χ0v) is 19.4. The molecule has 30 heavy (non-hydrogen) atoms. The maximum Gasteiger partial charge on any atom is 0.341 e. The lowest BCUT2D eigenvalue weighted by atomic mass is 10.1. The van der Waals surface area contributed by atoms with Crippen LogP contribution >= 0.6 is 11.3 Å². The van der Waals surface area contributed by atoms with Crippen LogP contribution in [0.25, 0.3) is 0 Å². The van der Waals surface area contributed by atoms with Crippen molar-refractivity contribution >= 4 is 43.9 Å². The van der Waals surface area contributed by atoms with Gasteiger partial charge in [-0.25, -0.2) is 13.2 Å². The van der Waals surface area contributed by atoms with Crippen LogP contribution in [0.4, 0.5) is 10.7 Å². The average molecular weight is 451 g/mol. The lowest BCUT2D eigenvalue weighted by molar-refractivity contribution is -0.116. The molecule has 0 radical (unpaired) electrons. The fourth-order valence-electron chi connectivity index (χ4n) is 3.70. The Bertz CT molecular complexity index is 1100. The Balaban J connectivity index is 1.94. The predicted molar refractivity (Wildman–Crippen MR) is 119 cm³/mol. The molecule has 1 aromatic carbocycles. The van der Waals surface area contributed by atoms with Gasteiger partial charge in [-0.3, -0.25) is 9.10 Å². The van der Waals surface area contributed by atoms with Crippen LogP contribution in [0.3, 0.4) is 0 Å². The van der Waals surface area contributed by atoms with Crippen molar-refractivity contribution in [2.75, 3.05) is 23.0 Å². The zero-order chi connectivity index (χ0) is 22.2. The summed E-state index contributed by atoms with van der Waals surface area (Å²) in [5.74, 6) is -1.00. The van der Waals surface area contributed by atoms with Gasteiger partial charge in [0, 0.05) is 4.88 Å². The highest BCUT2D eigenvalue weighted by molar-refractivity contribution is 7.92. The molecule has 0 saturated carbocycles. The molecule has 0 spiro atoms. The zero-order valence-electron chi connectivity index (χ0n) is 17.7. The number of methoxy groups -OCH3 is 1. The molecule has 1 atom stereocenters. The van der Waals surface area contributed by atoms with Crippen LogP contribution in [0.5, 0.6) is 0 Å². The molecule has 0 bridgehead atoms. The number of aryl methyl sites for hydroxylation is 3. The fourth-order valence-corrected chi connectivity index (χ4v) is 6.15. The van der Waals surface area contributed by atoms with Gasteiger partial charge in [0.25, 0.3) is 0 Å². The third-order valence-corrected chi connectivity index (χ3v) is 7.83. The Hall–Kier alpha value is -2.39. The minimum Gasteiger partial charge on any atom is -0.465 e. The Morgan fingerprint density at radius 1 is 1.20 bits per heavy atom. The van der Waals surface area contributed by atoms with E-state index in [1.165, 1.54) is 25.4 Å². The molecule has 0 fully saturated rings. The van der Waals surface area contributed by atoms with E-state index in [1.54, 1.807) is 12.1 Å². The highest BCUT2D eigenvalue weighted by Gasteiger charge is 2.32. The second kappa shape index (κ2) is 8.39. The van der Waals surface area contributed by atoms with Crippen molar-refractivity contribution in [2.24, 2.45) is 0 Å². The molecule has 9 heteroatoms. The Morgan fingerprint density at radius 3 is 2.50 bits per heavy atom. The fraction of sp³-hybridized carbons (Fsp3) is 0.429. The van der Waals surface area contributed by atoms with Gasteiger partial charge in [0.2, 0.25) is 15.9 Å². The predicted octanol–water partition coefficient (Wildman–Crippen LogP) is 3.43. The molecule has 1 amide bonds. The lowest BCUT2D eigenvalue weighted by Crippen LogP contribution is -2.45. The monoisotopic (exact) mass is 450 g/mol. The summed E-state index contributed by atoms with van der Waals surface area (Å²) < 4.78 is 31.1. The highest BCUT2D eigenvalue weighted by Crippen LogP contribution is 2.39. The summed E-state index contributed by atoms with van der Waals surface area (Å²) >= 11 is 1.36. The van der Waals surface area contributed by atoms with Crippen molar-refractivity contribution in [3.8, 4) is 0 Å². The van der Waals surface area contributed by atoms with E-state index in [9.17, 15) is 18.0 Å². The smallest absolute Gasteiger partial charge is 0.341 e. The van der Waals surface area contributed by atoms with Crippen molar-refractivity contribution in [1.29, 1.82) is 0 Å². The second-order valence-electron chi connectivity index (χ2n) is 7.55. The third kappa shape index (κ3) is 4.22. The number of carbonyl (C=O) groups is 2. The summed E-state index contributed by atoms with van der Waals surface area (Å²) in [6, 6.07) is 4.25. The van der Waals surface area contributed by atoms with E-state index in [-0.39, 0.29) is 0 Å². The van der Waals surface area contributed by atoms with E-state index >= 15 is 0 Å². The summed E-state index contributed by atoms with van der Waals surface area (Å²) in [5, 5.41) is 3.19. The van der Waals surface area contributed by atoms with Crippen LogP contribution < -0.4 is 9.62 Å². The van der Waals surface area contributed by atoms with Crippen molar-refractivity contribution in [2.45, 2.75) is 46.1 Å². The maximum atomic E-state index is 13.1. The van der Waals surface area contributed by atoms with Crippen molar-refractivity contribution in [1.82, 2.24) is 0 Å². The number of nitrogens with one attached hydrogen (secondary N) is 1. The number of esters is 1. The summed E-state index contributed by atoms with van der Waals surface area (Å²) in [5.41, 5.74) is 3.68. The first-order valence-electron chi connectivity index (χ1n) is 9.65. The number of hydrogen-bond acceptors (Lipinski definition) is 6. The Morgan fingerprint density at radius 2 is 1.90 bits per heavy atom. The summed E-state index contributed by atoms with van der Waals surface area (Å²) in [7, 11) is -2.42. The SMILES string of the molecule is COC(=O)c1c(NC(=O)[C@@H](C)N(c2ccc(C)c(C)c2)S(C)(=O)=O)sc2c1CCC2. The normalized spacial score (nSPS) is 14.2. The molecular weight excluding hydrogens is 424 g/mol. The first-order valence-corrected chi connectivity index (χ1v) is 12.3. The first kappa shape index (κ1) is 22.3. The van der Waals surface area contributed by atoms with E-state index in [2.05, 4.69) is 5.32 Å². The number of thiophene rings is 1. The van der Waals surface area contributed by atoms with Crippen LogP contribution in [0.2, 0.25) is 0 Å². The van der Waals surface area contributed by atoms with E-state index in [0.717, 1.165) is 51.4 Å². The number of amides is 1. The number of hydrogen-bond donors (Lipinski definition) is 1. The lowest BCUT2D eigenvalue weighted by Gasteiger charge is -2.28. The second-order valence-corrected chi connectivity index (χ2v) is 10.5. The number of rotatable bonds is 6. The molecule has 162 valence electrons. The molecule has 1 aromatic heterocycles. The minimum absolute atomic E-state index is 0.382. The molecular formula is C21H26N2O5S2. The van der Waals surface area contributed by atoms with Crippen molar-refractivity contribution in [3.05, 3.63) is 45.3 Å². The average Bonchev–Trinajstić information content (AvgIpc) is 3.23. The molecule has 0 aliphatic heterocycles. The molecule has 7 nitrogen and oxygen atoms in total. The van der Waals surface area contributed by atoms with Crippen molar-refractivity contribution < 1.29 is 22.7 Å². The van der Waals surface area contributed by atoms with E-state index in [4.69, 9.17) is 4.74 Å². The third-order valence-electron chi connectivity index (χ3n) is 5.38. The van der Waals surface area contributed by atoms with E-state index in [1.807, 2.05) is 19.9 Å². The molecule has 0 unspecified atom stereocenters. The van der Waals surface area contributed by atoms with Crippen LogP contribution in [0, 0.1) is 13.8 Å². The highest BCUT2D eigenvalue weighted by atomic mass is 32.2. The number of fused-ring (bicyclic) bond motifs is 1. The van der Waals surface area contributed by atoms with Crippen LogP contribution in [-0.2, 0) is 32.4 Å². The number of sulfonamides is 1. The van der Waals surface area contributed by atoms with Gasteiger partial charge in [-0.1, -0.05) is 6.07 Å². The molecule has 0 saturated heterocycles. The Kier molecular flexibility index (Phi) is 6.24. The van der Waals surface area contributed by atoms with Gasteiger partial charge in [-0.2, -0.15) is 0 Å². The molecule has 1 heterocycles. The summed E-state index contributed by atoms with van der Waals surface area (Å²) in [6.07, 6.45) is 3.66. The number of ether oxygens (including phenoxy) is 1. The largest absolute Gasteiger partial charge is 0.465 e. The topological polar surface area (TPSA) is 92.8 Å². The molecule has 3 rings (SSSR count). The molecule has 1 N–H and O–H groups in total. The van der Waals surface area contributed by atoms with Gasteiger partial charge < -0.3 is 10.1 Å². The van der Waals surface area contributed by atoms with Gasteiger partial charge in [-0.15, -0.1) is 11.3 Å². The summed E-state index contributed by atoms with van der Waals surface area (Å²) in [4.78, 5) is 26.4. The number of benzene rings is 1. The van der Waals surface area contributed by atoms with Gasteiger partial charge >= 0.3 is 5.97 Å². The van der Waals surface area contributed by atoms with E-state index in [0.29, 0.717) is 16.3 Å². The Labute approximate surface area is 181 Å². The van der Waals surface area contributed by atoms with Crippen LogP contribution in [-0.4, -0.2) is 39.7 Å². The van der Waals surface area contributed by atoms with Gasteiger partial charge in [0.05, 0.1) is 24.6 Å². The minimum atomic E-state index is -3.73. The quantitative estimate of drug-likeness (QED) is 0.681. The standard InChI is InChI=1S/C21H26N2O5S2/c1-12-9-10-15(11-13(12)2)23(30(5,26)27)14(3)19(24)22-20-18(21(25)28-4)16-7-6-8-17(16)29-20/h9-11,14H,6-8H2,1-5H3,(H,22,24)/t14-/m1/s1. The van der Waals surface area contributed by atoms with Crippen molar-refractivity contribution in [3.63, 3.8) is 0 Å². The maximum absolute atomic E-state index is 13.1. The van der Waals surface area contributed by atoms with Gasteiger partial charge in [-0.05, 0) is 68.9 Å². The van der Waals surface area contributed by atoms with Crippen LogP contribution in [0.15, 0.2) is 18.2 Å². The summed E-state index contributed by atoms with van der Waals surface area (Å²) in [6.45, 7) is 5.36. The van der Waals surface area contributed by atoms with Crippen LogP contribution in [0.1, 0.15) is 45.3 Å². The molecule has 2 aromatic rings. The van der Waals surface area contributed by atoms with Gasteiger partial charge in [0.15, 0.2) is 0 Å². The number of anilines is 2. The number of nitrogens with zero attached hydrogens (tertiary/aromatic N) is 1. The van der Waals surface area contributed by atoms with E-state index < -0.39 is 27.9 Å². The number of carbonyl (C=O) groups excluding carboxylic acids is 2. The molecule has 1 aliphatic carbocycles. The first-order chi connectivity index (χ1) is 14.0.